The van der Waals surface area contributed by atoms with Gasteiger partial charge in [-0.05, 0) is 24.8 Å². The zero-order chi connectivity index (χ0) is 14.1. The van der Waals surface area contributed by atoms with Crippen LogP contribution in [0.3, 0.4) is 0 Å². The Kier molecular flexibility index (Phi) is 4.16. The van der Waals surface area contributed by atoms with Crippen molar-refractivity contribution in [2.45, 2.75) is 58.9 Å². The van der Waals surface area contributed by atoms with Crippen LogP contribution in [0.4, 0.5) is 5.13 Å². The second kappa shape index (κ2) is 5.37. The molecule has 108 valence electrons. The van der Waals surface area contributed by atoms with Crippen LogP contribution in [-0.4, -0.2) is 28.5 Å². The summed E-state index contributed by atoms with van der Waals surface area (Å²) >= 11 is 1.47. The minimum atomic E-state index is 0.0266. The van der Waals surface area contributed by atoms with E-state index in [1.807, 2.05) is 0 Å². The van der Waals surface area contributed by atoms with Crippen LogP contribution in [0, 0.1) is 5.41 Å². The smallest absolute Gasteiger partial charge is 0.202 e. The van der Waals surface area contributed by atoms with Gasteiger partial charge in [0, 0.05) is 29.5 Å². The molecule has 1 fully saturated rings. The fraction of sp³-hybridized carbons (Fsp3) is 0.857. The molecule has 0 saturated carbocycles. The summed E-state index contributed by atoms with van der Waals surface area (Å²) in [7, 11) is 0. The van der Waals surface area contributed by atoms with Gasteiger partial charge in [-0.2, -0.15) is 4.37 Å². The lowest BCUT2D eigenvalue weighted by molar-refractivity contribution is 0.188. The van der Waals surface area contributed by atoms with Crippen LogP contribution in [-0.2, 0) is 5.41 Å². The third-order valence-electron chi connectivity index (χ3n) is 3.89. The Bertz CT molecular complexity index is 419. The molecule has 2 heterocycles. The highest BCUT2D eigenvalue weighted by molar-refractivity contribution is 7.09. The second-order valence-electron chi connectivity index (χ2n) is 7.15. The molecule has 19 heavy (non-hydrogen) atoms. The molecule has 1 aromatic heterocycles. The first-order valence-electron chi connectivity index (χ1n) is 7.10. The Labute approximate surface area is 120 Å². The Hall–Kier alpha value is -0.680. The maximum Gasteiger partial charge on any atom is 0.202 e. The average molecular weight is 282 g/mol. The topological polar surface area (TPSA) is 49.8 Å². The minimum absolute atomic E-state index is 0.0266. The molecule has 0 radical (unpaired) electrons. The van der Waals surface area contributed by atoms with Crippen molar-refractivity contribution in [1.29, 1.82) is 0 Å². The third kappa shape index (κ3) is 3.66. The van der Waals surface area contributed by atoms with Gasteiger partial charge in [-0.15, -0.1) is 0 Å². The van der Waals surface area contributed by atoms with Crippen LogP contribution in [0.5, 0.6) is 0 Å². The third-order valence-corrected chi connectivity index (χ3v) is 4.56. The summed E-state index contributed by atoms with van der Waals surface area (Å²) in [6.45, 7) is 13.2. The van der Waals surface area contributed by atoms with Crippen LogP contribution < -0.4 is 10.6 Å². The van der Waals surface area contributed by atoms with Crippen LogP contribution in [0.15, 0.2) is 0 Å². The molecule has 2 N–H and O–H groups in total. The SMILES string of the molecule is CC(C)(C)c1nsc(NCC2NCCCC2(C)C)n1. The molecule has 1 unspecified atom stereocenters. The fourth-order valence-corrected chi connectivity index (χ4v) is 3.17. The van der Waals surface area contributed by atoms with Crippen molar-refractivity contribution in [3.05, 3.63) is 5.82 Å². The molecule has 0 spiro atoms. The van der Waals surface area contributed by atoms with Crippen LogP contribution in [0.2, 0.25) is 0 Å². The lowest BCUT2D eigenvalue weighted by Crippen LogP contribution is -2.50. The molecule has 0 amide bonds. The summed E-state index contributed by atoms with van der Waals surface area (Å²) in [6, 6.07) is 0.503. The van der Waals surface area contributed by atoms with Gasteiger partial charge in [-0.25, -0.2) is 4.98 Å². The summed E-state index contributed by atoms with van der Waals surface area (Å²) in [5, 5.41) is 7.99. The highest BCUT2D eigenvalue weighted by Gasteiger charge is 2.31. The molecule has 5 heteroatoms. The number of aromatic nitrogens is 2. The van der Waals surface area contributed by atoms with E-state index in [0.29, 0.717) is 11.5 Å². The van der Waals surface area contributed by atoms with Gasteiger partial charge in [0.1, 0.15) is 5.82 Å². The van der Waals surface area contributed by atoms with Gasteiger partial charge >= 0.3 is 0 Å². The molecule has 1 saturated heterocycles. The van der Waals surface area contributed by atoms with E-state index in [4.69, 9.17) is 0 Å². The van der Waals surface area contributed by atoms with Crippen LogP contribution >= 0.6 is 11.5 Å². The van der Waals surface area contributed by atoms with E-state index in [0.717, 1.165) is 24.0 Å². The molecule has 0 aromatic carbocycles. The average Bonchev–Trinajstić information content (AvgIpc) is 2.75. The van der Waals surface area contributed by atoms with Gasteiger partial charge in [-0.3, -0.25) is 0 Å². The maximum absolute atomic E-state index is 4.58. The number of rotatable bonds is 3. The molecule has 1 atom stereocenters. The summed E-state index contributed by atoms with van der Waals surface area (Å²) < 4.78 is 4.44. The first-order valence-corrected chi connectivity index (χ1v) is 7.88. The Morgan fingerprint density at radius 3 is 2.74 bits per heavy atom. The van der Waals surface area contributed by atoms with E-state index in [9.17, 15) is 0 Å². The van der Waals surface area contributed by atoms with Crippen LogP contribution in [0.25, 0.3) is 0 Å². The number of hydrogen-bond donors (Lipinski definition) is 2. The molecule has 2 rings (SSSR count). The molecule has 1 aliphatic heterocycles. The predicted octanol–water partition coefficient (Wildman–Crippen LogP) is 3.03. The van der Waals surface area contributed by atoms with Gasteiger partial charge in [0.2, 0.25) is 5.13 Å². The molecule has 1 aromatic rings. The van der Waals surface area contributed by atoms with E-state index in [-0.39, 0.29) is 5.41 Å². The largest absolute Gasteiger partial charge is 0.359 e. The van der Waals surface area contributed by atoms with Crippen LogP contribution in [0.1, 0.15) is 53.3 Å². The summed E-state index contributed by atoms with van der Waals surface area (Å²) in [5.74, 6) is 0.927. The van der Waals surface area contributed by atoms with Crippen molar-refractivity contribution in [2.75, 3.05) is 18.4 Å². The van der Waals surface area contributed by atoms with Gasteiger partial charge < -0.3 is 10.6 Å². The zero-order valence-corrected chi connectivity index (χ0v) is 13.5. The van der Waals surface area contributed by atoms with Gasteiger partial charge in [-0.1, -0.05) is 34.6 Å². The van der Waals surface area contributed by atoms with E-state index >= 15 is 0 Å². The molecule has 1 aliphatic rings. The quantitative estimate of drug-likeness (QED) is 0.894. The first-order chi connectivity index (χ1) is 8.79. The highest BCUT2D eigenvalue weighted by Crippen LogP contribution is 2.30. The molecule has 0 aliphatic carbocycles. The number of nitrogens with zero attached hydrogens (tertiary/aromatic N) is 2. The highest BCUT2D eigenvalue weighted by atomic mass is 32.1. The normalized spacial score (nSPS) is 23.3. The van der Waals surface area contributed by atoms with Crippen molar-refractivity contribution in [2.24, 2.45) is 5.41 Å². The maximum atomic E-state index is 4.58. The second-order valence-corrected chi connectivity index (χ2v) is 7.90. The van der Waals surface area contributed by atoms with E-state index in [2.05, 4.69) is 54.6 Å². The standard InChI is InChI=1S/C14H26N4S/c1-13(2,3)11-17-12(19-18-11)16-9-10-14(4,5)7-6-8-15-10/h10,15H,6-9H2,1-5H3,(H,16,17,18). The number of piperidine rings is 1. The number of nitrogens with one attached hydrogen (secondary N) is 2. The minimum Gasteiger partial charge on any atom is -0.359 e. The van der Waals surface area contributed by atoms with Gasteiger partial charge in [0.05, 0.1) is 0 Å². The van der Waals surface area contributed by atoms with Crippen molar-refractivity contribution in [3.8, 4) is 0 Å². The van der Waals surface area contributed by atoms with E-state index in [1.165, 1.54) is 24.4 Å². The first kappa shape index (κ1) is 14.7. The van der Waals surface area contributed by atoms with E-state index < -0.39 is 0 Å². The van der Waals surface area contributed by atoms with Gasteiger partial charge in [0.25, 0.3) is 0 Å². The summed E-state index contributed by atoms with van der Waals surface area (Å²) in [4.78, 5) is 4.58. The monoisotopic (exact) mass is 282 g/mol. The molecule has 0 bridgehead atoms. The zero-order valence-electron chi connectivity index (χ0n) is 12.7. The summed E-state index contributed by atoms with van der Waals surface area (Å²) in [5.41, 5.74) is 0.377. The Balaban J connectivity index is 1.93. The Morgan fingerprint density at radius 2 is 2.16 bits per heavy atom. The number of hydrogen-bond acceptors (Lipinski definition) is 5. The molecular formula is C14H26N4S. The molecule has 4 nitrogen and oxygen atoms in total. The lowest BCUT2D eigenvalue weighted by atomic mass is 9.77. The Morgan fingerprint density at radius 1 is 1.42 bits per heavy atom. The predicted molar refractivity (Wildman–Crippen MR) is 81.9 cm³/mol. The fourth-order valence-electron chi connectivity index (χ4n) is 2.41. The van der Waals surface area contributed by atoms with Crippen molar-refractivity contribution >= 4 is 16.7 Å². The van der Waals surface area contributed by atoms with E-state index in [1.54, 1.807) is 0 Å². The molecular weight excluding hydrogens is 256 g/mol. The lowest BCUT2D eigenvalue weighted by Gasteiger charge is -2.39. The number of anilines is 1. The van der Waals surface area contributed by atoms with Crippen molar-refractivity contribution in [1.82, 2.24) is 14.7 Å². The summed E-state index contributed by atoms with van der Waals surface area (Å²) in [6.07, 6.45) is 2.56. The van der Waals surface area contributed by atoms with Crippen molar-refractivity contribution in [3.63, 3.8) is 0 Å². The van der Waals surface area contributed by atoms with Crippen molar-refractivity contribution < 1.29 is 0 Å². The van der Waals surface area contributed by atoms with Gasteiger partial charge in [0.15, 0.2) is 0 Å².